The predicted octanol–water partition coefficient (Wildman–Crippen LogP) is 0.441. The highest BCUT2D eigenvalue weighted by Crippen LogP contribution is 2.20. The van der Waals surface area contributed by atoms with Crippen LogP contribution in [0.15, 0.2) is 18.2 Å². The number of nitrogens with one attached hydrogen (secondary N) is 1. The van der Waals surface area contributed by atoms with E-state index < -0.39 is 24.3 Å². The van der Waals surface area contributed by atoms with Gasteiger partial charge in [-0.2, -0.15) is 0 Å². The Kier molecular flexibility index (Phi) is 4.06. The number of aryl methyl sites for hydroxylation is 1. The molecule has 1 atom stereocenters. The summed E-state index contributed by atoms with van der Waals surface area (Å²) in [4.78, 5) is 21.9. The van der Waals surface area contributed by atoms with Crippen LogP contribution in [0.25, 0.3) is 0 Å². The molecule has 1 aromatic carbocycles. The SMILES string of the molecule is Cc1cc(NC(=O)C(N)CC(=O)O)ccc1O. The molecule has 1 amide bonds. The summed E-state index contributed by atoms with van der Waals surface area (Å²) in [5, 5.41) is 20.3. The molecule has 0 bridgehead atoms. The molecule has 0 aromatic heterocycles. The third-order valence-electron chi connectivity index (χ3n) is 2.20. The van der Waals surface area contributed by atoms with E-state index in [4.69, 9.17) is 10.8 Å². The van der Waals surface area contributed by atoms with E-state index in [-0.39, 0.29) is 5.75 Å². The van der Waals surface area contributed by atoms with Crippen molar-refractivity contribution >= 4 is 17.6 Å². The van der Waals surface area contributed by atoms with Crippen molar-refractivity contribution in [2.45, 2.75) is 19.4 Å². The van der Waals surface area contributed by atoms with Gasteiger partial charge in [-0.25, -0.2) is 0 Å². The van der Waals surface area contributed by atoms with Crippen LogP contribution in [0.5, 0.6) is 5.75 Å². The van der Waals surface area contributed by atoms with Crippen LogP contribution >= 0.6 is 0 Å². The van der Waals surface area contributed by atoms with E-state index in [1.807, 2.05) is 0 Å². The van der Waals surface area contributed by atoms with Crippen LogP contribution in [0.3, 0.4) is 0 Å². The summed E-state index contributed by atoms with van der Waals surface area (Å²) >= 11 is 0. The van der Waals surface area contributed by atoms with Crippen molar-refractivity contribution in [1.82, 2.24) is 0 Å². The molecular formula is C11H14N2O4. The van der Waals surface area contributed by atoms with Crippen LogP contribution in [0.2, 0.25) is 0 Å². The Labute approximate surface area is 98.1 Å². The second kappa shape index (κ2) is 5.31. The third-order valence-corrected chi connectivity index (χ3v) is 2.20. The summed E-state index contributed by atoms with van der Waals surface area (Å²) in [7, 11) is 0. The first-order valence-corrected chi connectivity index (χ1v) is 4.98. The Balaban J connectivity index is 2.67. The lowest BCUT2D eigenvalue weighted by atomic mass is 10.1. The molecule has 0 spiro atoms. The average Bonchev–Trinajstić information content (AvgIpc) is 2.22. The minimum absolute atomic E-state index is 0.123. The summed E-state index contributed by atoms with van der Waals surface area (Å²) in [6.45, 7) is 1.68. The van der Waals surface area contributed by atoms with E-state index >= 15 is 0 Å². The smallest absolute Gasteiger partial charge is 0.305 e. The van der Waals surface area contributed by atoms with E-state index in [0.717, 1.165) is 0 Å². The number of benzene rings is 1. The summed E-state index contributed by atoms with van der Waals surface area (Å²) < 4.78 is 0. The van der Waals surface area contributed by atoms with E-state index in [9.17, 15) is 14.7 Å². The van der Waals surface area contributed by atoms with Gasteiger partial charge in [0.1, 0.15) is 5.75 Å². The van der Waals surface area contributed by atoms with Crippen molar-refractivity contribution in [1.29, 1.82) is 0 Å². The van der Waals surface area contributed by atoms with Gasteiger partial charge in [-0.05, 0) is 30.7 Å². The number of carboxylic acid groups (broad SMARTS) is 1. The second-order valence-corrected chi connectivity index (χ2v) is 3.69. The molecule has 92 valence electrons. The molecule has 6 heteroatoms. The number of carbonyl (C=O) groups excluding carboxylic acids is 1. The number of hydrogen-bond acceptors (Lipinski definition) is 4. The van der Waals surface area contributed by atoms with E-state index in [0.29, 0.717) is 11.3 Å². The number of anilines is 1. The minimum atomic E-state index is -1.13. The molecule has 0 heterocycles. The Morgan fingerprint density at radius 2 is 2.12 bits per heavy atom. The largest absolute Gasteiger partial charge is 0.508 e. The molecule has 0 radical (unpaired) electrons. The molecular weight excluding hydrogens is 224 g/mol. The van der Waals surface area contributed by atoms with E-state index in [1.165, 1.54) is 12.1 Å². The Bertz CT molecular complexity index is 445. The number of phenolic OH excluding ortho intramolecular Hbond substituents is 1. The number of phenols is 1. The van der Waals surface area contributed by atoms with Gasteiger partial charge in [0, 0.05) is 5.69 Å². The number of rotatable bonds is 4. The highest BCUT2D eigenvalue weighted by atomic mass is 16.4. The van der Waals surface area contributed by atoms with Gasteiger partial charge in [-0.15, -0.1) is 0 Å². The number of amides is 1. The number of nitrogens with two attached hydrogens (primary N) is 1. The van der Waals surface area contributed by atoms with Gasteiger partial charge >= 0.3 is 5.97 Å². The third kappa shape index (κ3) is 3.76. The normalized spacial score (nSPS) is 11.9. The zero-order valence-corrected chi connectivity index (χ0v) is 9.30. The summed E-state index contributed by atoms with van der Waals surface area (Å²) in [5.41, 5.74) is 6.46. The molecule has 1 rings (SSSR count). The zero-order valence-electron chi connectivity index (χ0n) is 9.30. The van der Waals surface area contributed by atoms with Crippen LogP contribution in [0.1, 0.15) is 12.0 Å². The molecule has 0 fully saturated rings. The first-order chi connectivity index (χ1) is 7.90. The van der Waals surface area contributed by atoms with Crippen molar-refractivity contribution in [2.75, 3.05) is 5.32 Å². The topological polar surface area (TPSA) is 113 Å². The van der Waals surface area contributed by atoms with Gasteiger partial charge in [0.25, 0.3) is 0 Å². The molecule has 0 saturated carbocycles. The highest BCUT2D eigenvalue weighted by Gasteiger charge is 2.17. The number of carboxylic acids is 1. The average molecular weight is 238 g/mol. The fourth-order valence-electron chi connectivity index (χ4n) is 1.25. The van der Waals surface area contributed by atoms with Crippen LogP contribution in [-0.4, -0.2) is 28.1 Å². The maximum absolute atomic E-state index is 11.5. The van der Waals surface area contributed by atoms with Crippen LogP contribution < -0.4 is 11.1 Å². The molecule has 0 aliphatic carbocycles. The van der Waals surface area contributed by atoms with Crippen LogP contribution in [0, 0.1) is 6.92 Å². The lowest BCUT2D eigenvalue weighted by Crippen LogP contribution is -2.37. The monoisotopic (exact) mass is 238 g/mol. The molecule has 1 unspecified atom stereocenters. The van der Waals surface area contributed by atoms with Crippen LogP contribution in [-0.2, 0) is 9.59 Å². The van der Waals surface area contributed by atoms with Crippen molar-refractivity contribution in [3.8, 4) is 5.75 Å². The van der Waals surface area contributed by atoms with Gasteiger partial charge < -0.3 is 21.3 Å². The lowest BCUT2D eigenvalue weighted by molar-refractivity contribution is -0.138. The van der Waals surface area contributed by atoms with E-state index in [2.05, 4.69) is 5.32 Å². The number of aromatic hydroxyl groups is 1. The molecule has 1 aromatic rings. The predicted molar refractivity (Wildman–Crippen MR) is 61.7 cm³/mol. The molecule has 0 saturated heterocycles. The lowest BCUT2D eigenvalue weighted by Gasteiger charge is -2.11. The number of hydrogen-bond donors (Lipinski definition) is 4. The van der Waals surface area contributed by atoms with Crippen molar-refractivity contribution in [3.05, 3.63) is 23.8 Å². The van der Waals surface area contributed by atoms with Gasteiger partial charge in [-0.3, -0.25) is 9.59 Å². The number of carbonyl (C=O) groups is 2. The highest BCUT2D eigenvalue weighted by molar-refractivity contribution is 5.96. The molecule has 6 nitrogen and oxygen atoms in total. The maximum Gasteiger partial charge on any atom is 0.305 e. The summed E-state index contributed by atoms with van der Waals surface area (Å²) in [5.74, 6) is -1.58. The molecule has 0 aliphatic heterocycles. The fraction of sp³-hybridized carbons (Fsp3) is 0.273. The molecule has 0 aliphatic rings. The maximum atomic E-state index is 11.5. The second-order valence-electron chi connectivity index (χ2n) is 3.69. The zero-order chi connectivity index (χ0) is 13.0. The Morgan fingerprint density at radius 1 is 1.47 bits per heavy atom. The van der Waals surface area contributed by atoms with Gasteiger partial charge in [-0.1, -0.05) is 0 Å². The first kappa shape index (κ1) is 13.0. The Morgan fingerprint density at radius 3 is 2.65 bits per heavy atom. The minimum Gasteiger partial charge on any atom is -0.508 e. The standard InChI is InChI=1S/C11H14N2O4/c1-6-4-7(2-3-9(6)14)13-11(17)8(12)5-10(15)16/h2-4,8,14H,5,12H2,1H3,(H,13,17)(H,15,16). The van der Waals surface area contributed by atoms with Crippen molar-refractivity contribution in [2.24, 2.45) is 5.73 Å². The fourth-order valence-corrected chi connectivity index (χ4v) is 1.25. The number of aliphatic carboxylic acids is 1. The Hall–Kier alpha value is -2.08. The van der Waals surface area contributed by atoms with Crippen molar-refractivity contribution < 1.29 is 19.8 Å². The van der Waals surface area contributed by atoms with Gasteiger partial charge in [0.15, 0.2) is 0 Å². The van der Waals surface area contributed by atoms with Crippen molar-refractivity contribution in [3.63, 3.8) is 0 Å². The quantitative estimate of drug-likeness (QED) is 0.568. The summed E-state index contributed by atoms with van der Waals surface area (Å²) in [6.07, 6.45) is -0.428. The molecule has 17 heavy (non-hydrogen) atoms. The van der Waals surface area contributed by atoms with Gasteiger partial charge in [0.05, 0.1) is 12.5 Å². The van der Waals surface area contributed by atoms with E-state index in [1.54, 1.807) is 13.0 Å². The first-order valence-electron chi connectivity index (χ1n) is 4.98. The summed E-state index contributed by atoms with van der Waals surface area (Å²) in [6, 6.07) is 3.42. The molecule has 5 N–H and O–H groups in total. The van der Waals surface area contributed by atoms with Crippen LogP contribution in [0.4, 0.5) is 5.69 Å². The van der Waals surface area contributed by atoms with Gasteiger partial charge in [0.2, 0.25) is 5.91 Å².